The van der Waals surface area contributed by atoms with E-state index in [4.69, 9.17) is 0 Å². The summed E-state index contributed by atoms with van der Waals surface area (Å²) in [7, 11) is 2.83. The van der Waals surface area contributed by atoms with Crippen LogP contribution < -0.4 is 22.1 Å². The number of nitrogens with zero attached hydrogens (tertiary/aromatic N) is 3. The van der Waals surface area contributed by atoms with Crippen LogP contribution in [0.15, 0.2) is 21.9 Å². The molecule has 9 nitrogen and oxygen atoms in total. The van der Waals surface area contributed by atoms with Crippen molar-refractivity contribution in [3.63, 3.8) is 0 Å². The molecule has 9 heteroatoms. The van der Waals surface area contributed by atoms with E-state index in [0.717, 1.165) is 4.57 Å². The van der Waals surface area contributed by atoms with E-state index >= 15 is 0 Å². The van der Waals surface area contributed by atoms with Crippen molar-refractivity contribution >= 4 is 22.8 Å². The molecule has 2 aromatic rings. The molecule has 0 saturated carbocycles. The fraction of sp³-hybridized carbons (Fsp3) is 0.357. The van der Waals surface area contributed by atoms with Gasteiger partial charge in [-0.05, 0) is 6.07 Å². The summed E-state index contributed by atoms with van der Waals surface area (Å²) in [4.78, 5) is 51.4. The van der Waals surface area contributed by atoms with Gasteiger partial charge in [0.1, 0.15) is 5.65 Å². The second-order valence-electron chi connectivity index (χ2n) is 5.40. The van der Waals surface area contributed by atoms with Gasteiger partial charge < -0.3 is 0 Å². The van der Waals surface area contributed by atoms with E-state index in [0.29, 0.717) is 0 Å². The zero-order valence-corrected chi connectivity index (χ0v) is 13.2. The Morgan fingerprint density at radius 3 is 2.39 bits per heavy atom. The lowest BCUT2D eigenvalue weighted by molar-refractivity contribution is -0.124. The summed E-state index contributed by atoms with van der Waals surface area (Å²) in [6.45, 7) is 3.37. The fourth-order valence-electron chi connectivity index (χ4n) is 1.92. The number of hydrogen-bond donors (Lipinski definition) is 2. The molecule has 0 unspecified atom stereocenters. The Labute approximate surface area is 130 Å². The maximum absolute atomic E-state index is 12.1. The SMILES string of the molecule is CC(C)C(=O)NNC(=O)c1cnc2c(c1)c(=O)n(C)c(=O)n2C. The summed E-state index contributed by atoms with van der Waals surface area (Å²) in [6.07, 6.45) is 1.23. The maximum Gasteiger partial charge on any atom is 0.332 e. The van der Waals surface area contributed by atoms with Crippen molar-refractivity contribution in [2.24, 2.45) is 20.0 Å². The molecule has 0 fully saturated rings. The Morgan fingerprint density at radius 2 is 1.78 bits per heavy atom. The summed E-state index contributed by atoms with van der Waals surface area (Å²) < 4.78 is 2.16. The van der Waals surface area contributed by atoms with E-state index < -0.39 is 17.2 Å². The molecule has 2 rings (SSSR count). The minimum atomic E-state index is -0.607. The number of aryl methyl sites for hydroxylation is 1. The van der Waals surface area contributed by atoms with Gasteiger partial charge in [0, 0.05) is 26.2 Å². The molecule has 0 spiro atoms. The van der Waals surface area contributed by atoms with E-state index in [1.54, 1.807) is 13.8 Å². The molecular weight excluding hydrogens is 302 g/mol. The molecule has 0 radical (unpaired) electrons. The molecule has 0 atom stereocenters. The maximum atomic E-state index is 12.1. The highest BCUT2D eigenvalue weighted by Gasteiger charge is 2.14. The van der Waals surface area contributed by atoms with Crippen LogP contribution in [-0.2, 0) is 18.9 Å². The second kappa shape index (κ2) is 6.03. The molecule has 122 valence electrons. The molecule has 0 aliphatic carbocycles. The third-order valence-electron chi connectivity index (χ3n) is 3.38. The molecule has 0 saturated heterocycles. The standard InChI is InChI=1S/C14H17N5O4/c1-7(2)11(20)16-17-12(21)8-5-9-10(15-6-8)18(3)14(23)19(4)13(9)22/h5-7H,1-4H3,(H,16,20)(H,17,21). The Bertz CT molecular complexity index is 910. The number of nitrogens with one attached hydrogen (secondary N) is 2. The van der Waals surface area contributed by atoms with Gasteiger partial charge in [0.25, 0.3) is 11.5 Å². The summed E-state index contributed by atoms with van der Waals surface area (Å²) >= 11 is 0. The van der Waals surface area contributed by atoms with Crippen LogP contribution in [0, 0.1) is 5.92 Å². The largest absolute Gasteiger partial charge is 0.332 e. The van der Waals surface area contributed by atoms with Crippen LogP contribution in [0.25, 0.3) is 11.0 Å². The number of pyridine rings is 1. The lowest BCUT2D eigenvalue weighted by Gasteiger charge is -2.10. The second-order valence-corrected chi connectivity index (χ2v) is 5.40. The highest BCUT2D eigenvalue weighted by Crippen LogP contribution is 2.07. The van der Waals surface area contributed by atoms with E-state index in [2.05, 4.69) is 15.8 Å². The molecule has 0 aliphatic rings. The van der Waals surface area contributed by atoms with Gasteiger partial charge >= 0.3 is 5.69 Å². The first-order valence-corrected chi connectivity index (χ1v) is 6.90. The molecule has 2 N–H and O–H groups in total. The van der Waals surface area contributed by atoms with Crippen LogP contribution in [0.2, 0.25) is 0 Å². The number of aromatic nitrogens is 3. The van der Waals surface area contributed by atoms with Gasteiger partial charge in [-0.1, -0.05) is 13.8 Å². The van der Waals surface area contributed by atoms with Crippen LogP contribution in [0.5, 0.6) is 0 Å². The summed E-state index contributed by atoms with van der Waals surface area (Å²) in [5.41, 5.74) is 3.75. The minimum absolute atomic E-state index is 0.0947. The summed E-state index contributed by atoms with van der Waals surface area (Å²) in [5, 5.41) is 0.137. The van der Waals surface area contributed by atoms with Crippen molar-refractivity contribution in [3.8, 4) is 0 Å². The highest BCUT2D eigenvalue weighted by molar-refractivity contribution is 5.97. The monoisotopic (exact) mass is 319 g/mol. The van der Waals surface area contributed by atoms with Crippen LogP contribution in [0.3, 0.4) is 0 Å². The molecule has 2 aromatic heterocycles. The number of amides is 2. The molecule has 0 aromatic carbocycles. The Morgan fingerprint density at radius 1 is 1.13 bits per heavy atom. The van der Waals surface area contributed by atoms with E-state index in [1.807, 2.05) is 0 Å². The first-order valence-electron chi connectivity index (χ1n) is 6.90. The molecule has 2 amide bonds. The average molecular weight is 319 g/mol. The lowest BCUT2D eigenvalue weighted by Crippen LogP contribution is -2.43. The molecule has 0 aliphatic heterocycles. The molecule has 0 bridgehead atoms. The van der Waals surface area contributed by atoms with Gasteiger partial charge in [-0.2, -0.15) is 0 Å². The summed E-state index contributed by atoms with van der Waals surface area (Å²) in [5.74, 6) is -1.23. The zero-order chi connectivity index (χ0) is 17.3. The normalized spacial score (nSPS) is 10.8. The number of fused-ring (bicyclic) bond motifs is 1. The van der Waals surface area contributed by atoms with Crippen molar-refractivity contribution < 1.29 is 9.59 Å². The highest BCUT2D eigenvalue weighted by atomic mass is 16.2. The van der Waals surface area contributed by atoms with Crippen molar-refractivity contribution in [1.29, 1.82) is 0 Å². The topological polar surface area (TPSA) is 115 Å². The van der Waals surface area contributed by atoms with Crippen molar-refractivity contribution in [2.75, 3.05) is 0 Å². The van der Waals surface area contributed by atoms with E-state index in [1.165, 1.54) is 30.9 Å². The van der Waals surface area contributed by atoms with Gasteiger partial charge in [-0.25, -0.2) is 9.78 Å². The predicted octanol–water partition coefficient (Wildman–Crippen LogP) is -0.951. The van der Waals surface area contributed by atoms with Crippen LogP contribution in [-0.4, -0.2) is 25.9 Å². The van der Waals surface area contributed by atoms with Crippen molar-refractivity contribution in [1.82, 2.24) is 25.0 Å². The van der Waals surface area contributed by atoms with Gasteiger partial charge in [0.15, 0.2) is 0 Å². The lowest BCUT2D eigenvalue weighted by atomic mass is 10.2. The molecule has 2 heterocycles. The third kappa shape index (κ3) is 2.98. The number of carbonyl (C=O) groups excluding carboxylic acids is 2. The Kier molecular flexibility index (Phi) is 4.30. The summed E-state index contributed by atoms with van der Waals surface area (Å²) in [6, 6.07) is 1.33. The van der Waals surface area contributed by atoms with Gasteiger partial charge in [-0.15, -0.1) is 0 Å². The number of carbonyl (C=O) groups is 2. The third-order valence-corrected chi connectivity index (χ3v) is 3.38. The Balaban J connectivity index is 2.41. The zero-order valence-electron chi connectivity index (χ0n) is 13.2. The van der Waals surface area contributed by atoms with Crippen LogP contribution >= 0.6 is 0 Å². The fourth-order valence-corrected chi connectivity index (χ4v) is 1.92. The number of hydrazine groups is 1. The van der Waals surface area contributed by atoms with E-state index in [9.17, 15) is 19.2 Å². The number of rotatable bonds is 2. The van der Waals surface area contributed by atoms with Crippen LogP contribution in [0.4, 0.5) is 0 Å². The first-order chi connectivity index (χ1) is 10.7. The average Bonchev–Trinajstić information content (AvgIpc) is 2.54. The molecule has 23 heavy (non-hydrogen) atoms. The van der Waals surface area contributed by atoms with Crippen molar-refractivity contribution in [3.05, 3.63) is 38.7 Å². The Hall–Kier alpha value is -2.97. The van der Waals surface area contributed by atoms with E-state index in [-0.39, 0.29) is 28.4 Å². The van der Waals surface area contributed by atoms with Gasteiger partial charge in [0.05, 0.1) is 10.9 Å². The predicted molar refractivity (Wildman–Crippen MR) is 82.7 cm³/mol. The van der Waals surface area contributed by atoms with Gasteiger partial charge in [0.2, 0.25) is 5.91 Å². The smallest absolute Gasteiger partial charge is 0.280 e. The molecular formula is C14H17N5O4. The first kappa shape index (κ1) is 16.4. The number of hydrogen-bond acceptors (Lipinski definition) is 5. The quantitative estimate of drug-likeness (QED) is 0.693. The van der Waals surface area contributed by atoms with Gasteiger partial charge in [-0.3, -0.25) is 34.4 Å². The van der Waals surface area contributed by atoms with Crippen LogP contribution in [0.1, 0.15) is 24.2 Å². The van der Waals surface area contributed by atoms with Crippen molar-refractivity contribution in [2.45, 2.75) is 13.8 Å². The minimum Gasteiger partial charge on any atom is -0.280 e.